The summed E-state index contributed by atoms with van der Waals surface area (Å²) in [5.74, 6) is -1.49. The van der Waals surface area contributed by atoms with Gasteiger partial charge in [0.2, 0.25) is 0 Å². The van der Waals surface area contributed by atoms with E-state index in [2.05, 4.69) is 16.0 Å². The Labute approximate surface area is 137 Å². The molecule has 0 aliphatic carbocycles. The number of aliphatic hydroxyl groups excluding tert-OH is 1. The second-order valence-electron chi connectivity index (χ2n) is 5.16. The number of halogens is 1. The number of hydrogen-bond acceptors (Lipinski definition) is 4. The maximum absolute atomic E-state index is 13.9. The van der Waals surface area contributed by atoms with Gasteiger partial charge >= 0.3 is 12.1 Å². The quantitative estimate of drug-likeness (QED) is 0.459. The Morgan fingerprint density at radius 1 is 1.38 bits per heavy atom. The van der Waals surface area contributed by atoms with Gasteiger partial charge in [-0.1, -0.05) is 0 Å². The number of nitrogens with one attached hydrogen (secondary N) is 3. The van der Waals surface area contributed by atoms with E-state index < -0.39 is 23.9 Å². The lowest BCUT2D eigenvalue weighted by molar-refractivity contribution is 0.0913. The molecule has 0 saturated carbocycles. The van der Waals surface area contributed by atoms with Crippen LogP contribution in [-0.2, 0) is 0 Å². The van der Waals surface area contributed by atoms with Gasteiger partial charge in [-0.15, -0.1) is 0 Å². The summed E-state index contributed by atoms with van der Waals surface area (Å²) in [4.78, 5) is 35.6. The highest BCUT2D eigenvalue weighted by Crippen LogP contribution is 2.20. The van der Waals surface area contributed by atoms with E-state index >= 15 is 0 Å². The van der Waals surface area contributed by atoms with Crippen LogP contribution in [0.4, 0.5) is 19.7 Å². The Morgan fingerprint density at radius 2 is 2.08 bits per heavy atom. The van der Waals surface area contributed by atoms with E-state index in [1.54, 1.807) is 0 Å². The summed E-state index contributed by atoms with van der Waals surface area (Å²) in [5.41, 5.74) is 5.01. The molecule has 6 N–H and O–H groups in total. The summed E-state index contributed by atoms with van der Waals surface area (Å²) in [6.45, 7) is 0.541. The molecule has 1 unspecified atom stereocenters. The van der Waals surface area contributed by atoms with Crippen LogP contribution in [0.25, 0.3) is 0 Å². The van der Waals surface area contributed by atoms with Crippen LogP contribution in [0.3, 0.4) is 0 Å². The number of primary amides is 1. The SMILES string of the molecule is NC(=O)NCC(O)CNC(=O)c1cc(N2CCNC2=O)ccc1F. The number of nitrogens with zero attached hydrogens (tertiary/aromatic N) is 1. The fourth-order valence-electron chi connectivity index (χ4n) is 2.17. The first-order valence-electron chi connectivity index (χ1n) is 7.23. The molecule has 1 aromatic carbocycles. The van der Waals surface area contributed by atoms with Gasteiger partial charge in [0, 0.05) is 31.9 Å². The minimum Gasteiger partial charge on any atom is -0.389 e. The molecule has 1 heterocycles. The van der Waals surface area contributed by atoms with Crippen molar-refractivity contribution in [2.24, 2.45) is 5.73 Å². The number of benzene rings is 1. The Kier molecular flexibility index (Phi) is 5.53. The average Bonchev–Trinajstić information content (AvgIpc) is 2.97. The predicted molar refractivity (Wildman–Crippen MR) is 83.1 cm³/mol. The van der Waals surface area contributed by atoms with E-state index in [9.17, 15) is 23.9 Å². The monoisotopic (exact) mass is 339 g/mol. The average molecular weight is 339 g/mol. The van der Waals surface area contributed by atoms with Gasteiger partial charge in [-0.05, 0) is 18.2 Å². The highest BCUT2D eigenvalue weighted by Gasteiger charge is 2.23. The van der Waals surface area contributed by atoms with Crippen LogP contribution in [0.5, 0.6) is 0 Å². The van der Waals surface area contributed by atoms with E-state index in [0.29, 0.717) is 18.8 Å². The fraction of sp³-hybridized carbons (Fsp3) is 0.357. The van der Waals surface area contributed by atoms with Gasteiger partial charge in [-0.3, -0.25) is 9.69 Å². The van der Waals surface area contributed by atoms with Crippen LogP contribution in [-0.4, -0.2) is 55.4 Å². The molecule has 130 valence electrons. The summed E-state index contributed by atoms with van der Waals surface area (Å²) in [5, 5.41) is 16.7. The van der Waals surface area contributed by atoms with Crippen LogP contribution < -0.4 is 26.6 Å². The number of carbonyl (C=O) groups excluding carboxylic acids is 3. The van der Waals surface area contributed by atoms with E-state index in [0.717, 1.165) is 6.07 Å². The molecule has 0 spiro atoms. The number of anilines is 1. The van der Waals surface area contributed by atoms with Gasteiger partial charge in [0.1, 0.15) is 5.82 Å². The molecule has 10 heteroatoms. The van der Waals surface area contributed by atoms with Crippen LogP contribution in [0.2, 0.25) is 0 Å². The minimum atomic E-state index is -1.07. The summed E-state index contributed by atoms with van der Waals surface area (Å²) >= 11 is 0. The molecule has 24 heavy (non-hydrogen) atoms. The fourth-order valence-corrected chi connectivity index (χ4v) is 2.17. The minimum absolute atomic E-state index is 0.147. The molecule has 0 radical (unpaired) electrons. The molecule has 0 aromatic heterocycles. The predicted octanol–water partition coefficient (Wildman–Crippen LogP) is -0.886. The van der Waals surface area contributed by atoms with Crippen LogP contribution in [0.1, 0.15) is 10.4 Å². The van der Waals surface area contributed by atoms with E-state index in [-0.39, 0.29) is 24.7 Å². The van der Waals surface area contributed by atoms with Crippen molar-refractivity contribution in [3.05, 3.63) is 29.6 Å². The van der Waals surface area contributed by atoms with Crippen molar-refractivity contribution in [2.75, 3.05) is 31.1 Å². The summed E-state index contributed by atoms with van der Waals surface area (Å²) in [6, 6.07) is 2.65. The van der Waals surface area contributed by atoms with Gasteiger partial charge in [0.15, 0.2) is 0 Å². The summed E-state index contributed by atoms with van der Waals surface area (Å²) < 4.78 is 13.9. The summed E-state index contributed by atoms with van der Waals surface area (Å²) in [6.07, 6.45) is -1.07. The first-order valence-corrected chi connectivity index (χ1v) is 7.23. The molecular weight excluding hydrogens is 321 g/mol. The summed E-state index contributed by atoms with van der Waals surface area (Å²) in [7, 11) is 0. The van der Waals surface area contributed by atoms with Gasteiger partial charge in [-0.2, -0.15) is 0 Å². The third-order valence-electron chi connectivity index (χ3n) is 3.37. The second-order valence-corrected chi connectivity index (χ2v) is 5.16. The van der Waals surface area contributed by atoms with Gasteiger partial charge in [0.05, 0.1) is 11.7 Å². The van der Waals surface area contributed by atoms with Crippen molar-refractivity contribution < 1.29 is 23.9 Å². The zero-order valence-corrected chi connectivity index (χ0v) is 12.7. The topological polar surface area (TPSA) is 137 Å². The van der Waals surface area contributed by atoms with Crippen molar-refractivity contribution >= 4 is 23.7 Å². The molecular formula is C14H18FN5O4. The maximum atomic E-state index is 13.9. The van der Waals surface area contributed by atoms with Crippen molar-refractivity contribution in [3.8, 4) is 0 Å². The van der Waals surface area contributed by atoms with E-state index in [1.165, 1.54) is 17.0 Å². The first kappa shape index (κ1) is 17.5. The maximum Gasteiger partial charge on any atom is 0.321 e. The zero-order valence-electron chi connectivity index (χ0n) is 12.7. The number of nitrogens with two attached hydrogens (primary N) is 1. The molecule has 1 aromatic rings. The molecule has 9 nitrogen and oxygen atoms in total. The molecule has 2 rings (SSSR count). The smallest absolute Gasteiger partial charge is 0.321 e. The van der Waals surface area contributed by atoms with Crippen LogP contribution in [0, 0.1) is 5.82 Å². The number of urea groups is 2. The van der Waals surface area contributed by atoms with Gasteiger partial charge in [0.25, 0.3) is 5.91 Å². The third kappa shape index (κ3) is 4.32. The number of carbonyl (C=O) groups is 3. The molecule has 1 saturated heterocycles. The number of rotatable bonds is 6. The highest BCUT2D eigenvalue weighted by molar-refractivity contribution is 5.98. The number of amides is 5. The molecule has 1 aliphatic heterocycles. The zero-order chi connectivity index (χ0) is 17.7. The van der Waals surface area contributed by atoms with Crippen LogP contribution in [0.15, 0.2) is 18.2 Å². The molecule has 1 aliphatic rings. The normalized spacial score (nSPS) is 14.9. The van der Waals surface area contributed by atoms with E-state index in [1.807, 2.05) is 0 Å². The second kappa shape index (κ2) is 7.59. The molecule has 1 fully saturated rings. The van der Waals surface area contributed by atoms with Crippen molar-refractivity contribution in [1.82, 2.24) is 16.0 Å². The lowest BCUT2D eigenvalue weighted by Gasteiger charge is -2.16. The Morgan fingerprint density at radius 3 is 2.71 bits per heavy atom. The Bertz CT molecular complexity index is 654. The third-order valence-corrected chi connectivity index (χ3v) is 3.37. The van der Waals surface area contributed by atoms with Crippen molar-refractivity contribution in [3.63, 3.8) is 0 Å². The molecule has 0 bridgehead atoms. The Balaban J connectivity index is 2.00. The number of hydrogen-bond donors (Lipinski definition) is 5. The highest BCUT2D eigenvalue weighted by atomic mass is 19.1. The largest absolute Gasteiger partial charge is 0.389 e. The van der Waals surface area contributed by atoms with Gasteiger partial charge < -0.3 is 26.8 Å². The first-order chi connectivity index (χ1) is 11.4. The lowest BCUT2D eigenvalue weighted by Crippen LogP contribution is -2.41. The van der Waals surface area contributed by atoms with Gasteiger partial charge in [-0.25, -0.2) is 14.0 Å². The Hall–Kier alpha value is -2.88. The number of aliphatic hydroxyl groups is 1. The molecule has 5 amide bonds. The van der Waals surface area contributed by atoms with Crippen LogP contribution >= 0.6 is 0 Å². The standard InChI is InChI=1S/C14H18FN5O4/c15-11-2-1-8(20-4-3-17-14(20)24)5-10(11)12(22)18-6-9(21)7-19-13(16)23/h1-2,5,9,21H,3-4,6-7H2,(H,17,24)(H,18,22)(H3,16,19,23). The van der Waals surface area contributed by atoms with Crippen molar-refractivity contribution in [1.29, 1.82) is 0 Å². The lowest BCUT2D eigenvalue weighted by atomic mass is 10.1. The van der Waals surface area contributed by atoms with Crippen molar-refractivity contribution in [2.45, 2.75) is 6.10 Å². The molecule has 1 atom stereocenters. The van der Waals surface area contributed by atoms with E-state index in [4.69, 9.17) is 5.73 Å².